The Balaban J connectivity index is 2.14. The lowest BCUT2D eigenvalue weighted by Gasteiger charge is -1.93. The van der Waals surface area contributed by atoms with Crippen LogP contribution in [-0.2, 0) is 6.54 Å². The van der Waals surface area contributed by atoms with Crippen molar-refractivity contribution in [2.24, 2.45) is 0 Å². The smallest absolute Gasteiger partial charge is 0.223 e. The zero-order chi connectivity index (χ0) is 10.5. The van der Waals surface area contributed by atoms with Gasteiger partial charge in [-0.2, -0.15) is 4.80 Å². The topological polar surface area (TPSA) is 56.5 Å². The van der Waals surface area contributed by atoms with Crippen molar-refractivity contribution in [2.45, 2.75) is 13.0 Å². The molecule has 0 radical (unpaired) electrons. The number of aromatic nitrogens is 5. The number of halogens is 1. The first-order valence-corrected chi connectivity index (χ1v) is 5.77. The Hall–Kier alpha value is -1.30. The quantitative estimate of drug-likeness (QED) is 0.789. The molecule has 0 N–H and O–H groups in total. The van der Waals surface area contributed by atoms with Crippen molar-refractivity contribution in [1.29, 1.82) is 0 Å². The first-order chi connectivity index (χ1) is 7.40. The number of pyridine rings is 1. The van der Waals surface area contributed by atoms with Gasteiger partial charge >= 0.3 is 0 Å². The Morgan fingerprint density at radius 1 is 1.33 bits per heavy atom. The summed E-state index contributed by atoms with van der Waals surface area (Å²) >= 11 is 3.36. The van der Waals surface area contributed by atoms with Crippen molar-refractivity contribution in [3.8, 4) is 11.5 Å². The van der Waals surface area contributed by atoms with Crippen molar-refractivity contribution in [1.82, 2.24) is 25.2 Å². The number of alkyl halides is 1. The lowest BCUT2D eigenvalue weighted by molar-refractivity contribution is 0.518. The lowest BCUT2D eigenvalue weighted by atomic mass is 10.3. The second-order valence-corrected chi connectivity index (χ2v) is 3.76. The minimum absolute atomic E-state index is 0.574. The summed E-state index contributed by atoms with van der Waals surface area (Å²) in [5.41, 5.74) is 0.752. The van der Waals surface area contributed by atoms with Gasteiger partial charge in [0.25, 0.3) is 0 Å². The van der Waals surface area contributed by atoms with E-state index in [9.17, 15) is 0 Å². The molecule has 0 unspecified atom stereocenters. The average Bonchev–Trinajstić information content (AvgIpc) is 2.76. The zero-order valence-electron chi connectivity index (χ0n) is 8.04. The maximum absolute atomic E-state index is 4.23. The summed E-state index contributed by atoms with van der Waals surface area (Å²) in [7, 11) is 0. The maximum Gasteiger partial charge on any atom is 0.223 e. The lowest BCUT2D eigenvalue weighted by Crippen LogP contribution is -2.02. The second kappa shape index (κ2) is 4.97. The summed E-state index contributed by atoms with van der Waals surface area (Å²) in [4.78, 5) is 5.74. The van der Waals surface area contributed by atoms with Crippen LogP contribution in [0.3, 0.4) is 0 Å². The Morgan fingerprint density at radius 3 is 3.00 bits per heavy atom. The number of hydrogen-bond donors (Lipinski definition) is 0. The SMILES string of the molecule is BrCCCn1nnc(-c2ccccn2)n1. The first kappa shape index (κ1) is 10.2. The number of rotatable bonds is 4. The molecule has 15 heavy (non-hydrogen) atoms. The Kier molecular flexibility index (Phi) is 3.39. The highest BCUT2D eigenvalue weighted by atomic mass is 79.9. The van der Waals surface area contributed by atoms with E-state index in [0.29, 0.717) is 5.82 Å². The van der Waals surface area contributed by atoms with Gasteiger partial charge in [-0.25, -0.2) is 0 Å². The molecule has 0 aliphatic carbocycles. The summed E-state index contributed by atoms with van der Waals surface area (Å²) in [6.45, 7) is 0.769. The third-order valence-electron chi connectivity index (χ3n) is 1.84. The Labute approximate surface area is 95.7 Å². The maximum atomic E-state index is 4.23. The summed E-state index contributed by atoms with van der Waals surface area (Å²) in [6, 6.07) is 5.63. The van der Waals surface area contributed by atoms with Gasteiger partial charge in [0, 0.05) is 11.5 Å². The van der Waals surface area contributed by atoms with Crippen LogP contribution in [0.2, 0.25) is 0 Å². The molecule has 0 fully saturated rings. The van der Waals surface area contributed by atoms with Crippen LogP contribution in [0.5, 0.6) is 0 Å². The summed E-state index contributed by atoms with van der Waals surface area (Å²) < 4.78 is 0. The molecule has 0 atom stereocenters. The number of tetrazole rings is 1. The molecule has 2 heterocycles. The minimum atomic E-state index is 0.574. The van der Waals surface area contributed by atoms with Crippen LogP contribution in [0.1, 0.15) is 6.42 Å². The van der Waals surface area contributed by atoms with Crippen LogP contribution in [0, 0.1) is 0 Å². The number of hydrogen-bond acceptors (Lipinski definition) is 4. The van der Waals surface area contributed by atoms with Gasteiger partial charge in [0.15, 0.2) is 0 Å². The molecular weight excluding hydrogens is 258 g/mol. The third-order valence-corrected chi connectivity index (χ3v) is 2.40. The van der Waals surface area contributed by atoms with Crippen LogP contribution in [-0.4, -0.2) is 30.5 Å². The molecule has 2 aromatic rings. The molecule has 0 saturated carbocycles. The summed E-state index contributed by atoms with van der Waals surface area (Å²) in [5.74, 6) is 0.574. The fourth-order valence-corrected chi connectivity index (χ4v) is 1.39. The van der Waals surface area contributed by atoms with Gasteiger partial charge in [-0.1, -0.05) is 22.0 Å². The van der Waals surface area contributed by atoms with Gasteiger partial charge in [-0.3, -0.25) is 4.98 Å². The molecule has 0 aromatic carbocycles. The molecule has 5 nitrogen and oxygen atoms in total. The van der Waals surface area contributed by atoms with E-state index in [1.54, 1.807) is 11.0 Å². The van der Waals surface area contributed by atoms with Gasteiger partial charge in [-0.15, -0.1) is 10.2 Å². The molecule has 0 amide bonds. The predicted octanol–water partition coefficient (Wildman–Crippen LogP) is 1.52. The standard InChI is InChI=1S/C9H10BrN5/c10-5-3-7-15-13-9(12-14-15)8-4-1-2-6-11-8/h1-2,4,6H,3,5,7H2. The molecule has 6 heteroatoms. The van der Waals surface area contributed by atoms with E-state index in [-0.39, 0.29) is 0 Å². The van der Waals surface area contributed by atoms with E-state index in [2.05, 4.69) is 36.3 Å². The zero-order valence-corrected chi connectivity index (χ0v) is 9.63. The highest BCUT2D eigenvalue weighted by Crippen LogP contribution is 2.08. The highest BCUT2D eigenvalue weighted by Gasteiger charge is 2.05. The van der Waals surface area contributed by atoms with Gasteiger partial charge in [-0.05, 0) is 23.8 Å². The fourth-order valence-electron chi connectivity index (χ4n) is 1.14. The molecule has 2 rings (SSSR count). The van der Waals surface area contributed by atoms with E-state index >= 15 is 0 Å². The molecule has 0 aliphatic heterocycles. The average molecular weight is 268 g/mol. The molecule has 0 saturated heterocycles. The molecule has 2 aromatic heterocycles. The predicted molar refractivity (Wildman–Crippen MR) is 59.5 cm³/mol. The van der Waals surface area contributed by atoms with Crippen LogP contribution in [0.4, 0.5) is 0 Å². The van der Waals surface area contributed by atoms with Crippen molar-refractivity contribution in [3.05, 3.63) is 24.4 Å². The van der Waals surface area contributed by atoms with Crippen LogP contribution < -0.4 is 0 Å². The summed E-state index contributed by atoms with van der Waals surface area (Å²) in [6.07, 6.45) is 2.70. The van der Waals surface area contributed by atoms with E-state index in [1.807, 2.05) is 18.2 Å². The minimum Gasteiger partial charge on any atom is -0.253 e. The summed E-state index contributed by atoms with van der Waals surface area (Å²) in [5, 5.41) is 13.1. The Morgan fingerprint density at radius 2 is 2.27 bits per heavy atom. The highest BCUT2D eigenvalue weighted by molar-refractivity contribution is 9.09. The fraction of sp³-hybridized carbons (Fsp3) is 0.333. The number of aryl methyl sites for hydroxylation is 1. The van der Waals surface area contributed by atoms with Crippen molar-refractivity contribution >= 4 is 15.9 Å². The molecule has 0 aliphatic rings. The van der Waals surface area contributed by atoms with Gasteiger partial charge in [0.1, 0.15) is 5.69 Å². The largest absolute Gasteiger partial charge is 0.253 e. The number of nitrogens with zero attached hydrogens (tertiary/aromatic N) is 5. The molecule has 78 valence electrons. The first-order valence-electron chi connectivity index (χ1n) is 4.65. The van der Waals surface area contributed by atoms with Crippen molar-refractivity contribution < 1.29 is 0 Å². The van der Waals surface area contributed by atoms with Gasteiger partial charge in [0.2, 0.25) is 5.82 Å². The molecule has 0 spiro atoms. The normalized spacial score (nSPS) is 10.5. The van der Waals surface area contributed by atoms with Crippen LogP contribution >= 0.6 is 15.9 Å². The van der Waals surface area contributed by atoms with E-state index in [4.69, 9.17) is 0 Å². The van der Waals surface area contributed by atoms with Crippen LogP contribution in [0.15, 0.2) is 24.4 Å². The second-order valence-electron chi connectivity index (χ2n) is 2.97. The van der Waals surface area contributed by atoms with E-state index < -0.39 is 0 Å². The van der Waals surface area contributed by atoms with Crippen molar-refractivity contribution in [2.75, 3.05) is 5.33 Å². The van der Waals surface area contributed by atoms with E-state index in [0.717, 1.165) is 24.0 Å². The van der Waals surface area contributed by atoms with E-state index in [1.165, 1.54) is 0 Å². The molecule has 0 bridgehead atoms. The van der Waals surface area contributed by atoms with Gasteiger partial charge in [0.05, 0.1) is 6.54 Å². The molecular formula is C9H10BrN5. The Bertz CT molecular complexity index is 413. The third kappa shape index (κ3) is 2.59. The van der Waals surface area contributed by atoms with Crippen molar-refractivity contribution in [3.63, 3.8) is 0 Å². The monoisotopic (exact) mass is 267 g/mol. The van der Waals surface area contributed by atoms with Gasteiger partial charge < -0.3 is 0 Å². The van der Waals surface area contributed by atoms with Crippen LogP contribution in [0.25, 0.3) is 11.5 Å².